The first-order valence-electron chi connectivity index (χ1n) is 4.43. The molecule has 70 valence electrons. The quantitative estimate of drug-likeness (QED) is 0.696. The lowest BCUT2D eigenvalue weighted by atomic mass is 10.4. The topological polar surface area (TPSA) is 29.9 Å². The second-order valence-electron chi connectivity index (χ2n) is 2.78. The summed E-state index contributed by atoms with van der Waals surface area (Å²) < 4.78 is 1.93. The molecular formula is C10H15N3. The van der Waals surface area contributed by atoms with Crippen LogP contribution >= 0.6 is 0 Å². The van der Waals surface area contributed by atoms with Crippen molar-refractivity contribution in [2.24, 2.45) is 0 Å². The van der Waals surface area contributed by atoms with Crippen molar-refractivity contribution in [3.05, 3.63) is 18.0 Å². The molecule has 0 saturated heterocycles. The van der Waals surface area contributed by atoms with Gasteiger partial charge in [0.2, 0.25) is 0 Å². The third-order valence-corrected chi connectivity index (χ3v) is 1.70. The van der Waals surface area contributed by atoms with E-state index in [1.54, 1.807) is 0 Å². The summed E-state index contributed by atoms with van der Waals surface area (Å²) >= 11 is 0. The van der Waals surface area contributed by atoms with E-state index in [1.807, 2.05) is 30.9 Å². The van der Waals surface area contributed by atoms with Crippen LogP contribution in [0.5, 0.6) is 0 Å². The van der Waals surface area contributed by atoms with Gasteiger partial charge in [-0.25, -0.2) is 0 Å². The van der Waals surface area contributed by atoms with E-state index in [0.717, 1.165) is 25.2 Å². The fourth-order valence-electron chi connectivity index (χ4n) is 1.10. The van der Waals surface area contributed by atoms with E-state index in [9.17, 15) is 0 Å². The molecule has 0 radical (unpaired) electrons. The van der Waals surface area contributed by atoms with E-state index in [-0.39, 0.29) is 0 Å². The van der Waals surface area contributed by atoms with Crippen molar-refractivity contribution >= 4 is 0 Å². The Morgan fingerprint density at radius 1 is 1.62 bits per heavy atom. The number of nitrogens with one attached hydrogen (secondary N) is 1. The van der Waals surface area contributed by atoms with Crippen molar-refractivity contribution in [3.8, 4) is 11.8 Å². The minimum atomic E-state index is 0.826. The molecular weight excluding hydrogens is 162 g/mol. The van der Waals surface area contributed by atoms with E-state index in [1.165, 1.54) is 0 Å². The van der Waals surface area contributed by atoms with Gasteiger partial charge in [-0.2, -0.15) is 5.10 Å². The molecule has 0 unspecified atom stereocenters. The number of aryl methyl sites for hydroxylation is 1. The van der Waals surface area contributed by atoms with Crippen molar-refractivity contribution in [1.82, 2.24) is 15.1 Å². The second kappa shape index (κ2) is 5.39. The first kappa shape index (κ1) is 9.82. The van der Waals surface area contributed by atoms with Gasteiger partial charge in [0.15, 0.2) is 0 Å². The number of nitrogens with zero attached hydrogens (tertiary/aromatic N) is 2. The first-order valence-corrected chi connectivity index (χ1v) is 4.43. The molecule has 1 aromatic heterocycles. The molecule has 0 saturated carbocycles. The Balaban J connectivity index is 2.42. The number of rotatable bonds is 4. The third-order valence-electron chi connectivity index (χ3n) is 1.70. The van der Waals surface area contributed by atoms with Crippen LogP contribution in [0.3, 0.4) is 0 Å². The third kappa shape index (κ3) is 3.30. The maximum Gasteiger partial charge on any atom is 0.0762 e. The van der Waals surface area contributed by atoms with Crippen molar-refractivity contribution in [2.75, 3.05) is 7.05 Å². The molecule has 0 amide bonds. The molecule has 0 bridgehead atoms. The van der Waals surface area contributed by atoms with Gasteiger partial charge in [-0.15, -0.1) is 11.8 Å². The Labute approximate surface area is 79.1 Å². The van der Waals surface area contributed by atoms with Gasteiger partial charge >= 0.3 is 0 Å². The maximum absolute atomic E-state index is 4.36. The summed E-state index contributed by atoms with van der Waals surface area (Å²) in [7, 11) is 1.92. The average molecular weight is 177 g/mol. The standard InChI is InChI=1S/C10H15N3/c1-3-4-5-7-13-8-6-10(12-13)9-11-2/h6,8,11H,5,7,9H2,1-2H3. The summed E-state index contributed by atoms with van der Waals surface area (Å²) in [5.74, 6) is 5.88. The monoisotopic (exact) mass is 177 g/mol. The zero-order chi connectivity index (χ0) is 9.52. The molecule has 3 heteroatoms. The van der Waals surface area contributed by atoms with Crippen LogP contribution < -0.4 is 5.32 Å². The van der Waals surface area contributed by atoms with Crippen molar-refractivity contribution in [3.63, 3.8) is 0 Å². The molecule has 1 N–H and O–H groups in total. The molecule has 0 fully saturated rings. The van der Waals surface area contributed by atoms with E-state index < -0.39 is 0 Å². The van der Waals surface area contributed by atoms with Crippen LogP contribution in [0.25, 0.3) is 0 Å². The van der Waals surface area contributed by atoms with Gasteiger partial charge in [-0.3, -0.25) is 4.68 Å². The SMILES string of the molecule is CC#CCCn1ccc(CNC)n1. The molecule has 0 aliphatic carbocycles. The van der Waals surface area contributed by atoms with Gasteiger partial charge in [0, 0.05) is 19.2 Å². The zero-order valence-corrected chi connectivity index (χ0v) is 8.17. The molecule has 0 spiro atoms. The Hall–Kier alpha value is -1.27. The van der Waals surface area contributed by atoms with Crippen molar-refractivity contribution in [2.45, 2.75) is 26.4 Å². The van der Waals surface area contributed by atoms with Crippen LogP contribution in [0.4, 0.5) is 0 Å². The lowest BCUT2D eigenvalue weighted by molar-refractivity contribution is 0.613. The van der Waals surface area contributed by atoms with Crippen LogP contribution in [0, 0.1) is 11.8 Å². The summed E-state index contributed by atoms with van der Waals surface area (Å²) in [4.78, 5) is 0. The molecule has 1 heterocycles. The lowest BCUT2D eigenvalue weighted by Gasteiger charge is -1.96. The number of hydrogen-bond acceptors (Lipinski definition) is 2. The lowest BCUT2D eigenvalue weighted by Crippen LogP contribution is -2.06. The zero-order valence-electron chi connectivity index (χ0n) is 8.17. The van der Waals surface area contributed by atoms with Crippen LogP contribution in [-0.4, -0.2) is 16.8 Å². The Morgan fingerprint density at radius 2 is 2.46 bits per heavy atom. The van der Waals surface area contributed by atoms with Gasteiger partial charge < -0.3 is 5.32 Å². The van der Waals surface area contributed by atoms with Crippen LogP contribution in [-0.2, 0) is 13.1 Å². The smallest absolute Gasteiger partial charge is 0.0762 e. The molecule has 0 aliphatic heterocycles. The highest BCUT2D eigenvalue weighted by Gasteiger charge is 1.95. The maximum atomic E-state index is 4.36. The Kier molecular flexibility index (Phi) is 4.07. The summed E-state index contributed by atoms with van der Waals surface area (Å²) in [5, 5.41) is 7.42. The average Bonchev–Trinajstić information content (AvgIpc) is 2.54. The highest BCUT2D eigenvalue weighted by atomic mass is 15.3. The molecule has 0 aromatic carbocycles. The normalized spacial score (nSPS) is 9.38. The highest BCUT2D eigenvalue weighted by Crippen LogP contribution is 1.95. The predicted octanol–water partition coefficient (Wildman–Crippen LogP) is 1.02. The summed E-state index contributed by atoms with van der Waals surface area (Å²) in [5.41, 5.74) is 1.08. The van der Waals surface area contributed by atoms with Gasteiger partial charge in [0.05, 0.1) is 12.2 Å². The Bertz CT molecular complexity index is 303. The molecule has 3 nitrogen and oxygen atoms in total. The van der Waals surface area contributed by atoms with Crippen LogP contribution in [0.2, 0.25) is 0 Å². The van der Waals surface area contributed by atoms with Gasteiger partial charge in [-0.05, 0) is 20.0 Å². The summed E-state index contributed by atoms with van der Waals surface area (Å²) in [6.45, 7) is 3.56. The minimum absolute atomic E-state index is 0.826. The van der Waals surface area contributed by atoms with Crippen molar-refractivity contribution in [1.29, 1.82) is 0 Å². The highest BCUT2D eigenvalue weighted by molar-refractivity contribution is 4.99. The van der Waals surface area contributed by atoms with Gasteiger partial charge in [0.1, 0.15) is 0 Å². The minimum Gasteiger partial charge on any atom is -0.314 e. The van der Waals surface area contributed by atoms with Gasteiger partial charge in [-0.1, -0.05) is 0 Å². The fraction of sp³-hybridized carbons (Fsp3) is 0.500. The van der Waals surface area contributed by atoms with Crippen LogP contribution in [0.15, 0.2) is 12.3 Å². The molecule has 0 aliphatic rings. The van der Waals surface area contributed by atoms with Crippen LogP contribution in [0.1, 0.15) is 19.0 Å². The number of aromatic nitrogens is 2. The Morgan fingerprint density at radius 3 is 3.15 bits per heavy atom. The van der Waals surface area contributed by atoms with E-state index in [4.69, 9.17) is 0 Å². The molecule has 1 rings (SSSR count). The molecule has 13 heavy (non-hydrogen) atoms. The molecule has 0 atom stereocenters. The van der Waals surface area contributed by atoms with E-state index in [0.29, 0.717) is 0 Å². The largest absolute Gasteiger partial charge is 0.314 e. The van der Waals surface area contributed by atoms with E-state index >= 15 is 0 Å². The van der Waals surface area contributed by atoms with Gasteiger partial charge in [0.25, 0.3) is 0 Å². The predicted molar refractivity (Wildman–Crippen MR) is 53.1 cm³/mol. The summed E-state index contributed by atoms with van der Waals surface area (Å²) in [6.07, 6.45) is 2.86. The van der Waals surface area contributed by atoms with E-state index in [2.05, 4.69) is 22.3 Å². The summed E-state index contributed by atoms with van der Waals surface area (Å²) in [6, 6.07) is 2.02. The second-order valence-corrected chi connectivity index (χ2v) is 2.78. The first-order chi connectivity index (χ1) is 6.36. The fourth-order valence-corrected chi connectivity index (χ4v) is 1.10. The number of hydrogen-bond donors (Lipinski definition) is 1. The molecule has 1 aromatic rings. The van der Waals surface area contributed by atoms with Crippen molar-refractivity contribution < 1.29 is 0 Å².